The van der Waals surface area contributed by atoms with Gasteiger partial charge in [0.1, 0.15) is 0 Å². The minimum absolute atomic E-state index is 0.482. The molecule has 19 heavy (non-hydrogen) atoms. The van der Waals surface area contributed by atoms with Crippen LogP contribution in [0.4, 0.5) is 5.69 Å². The van der Waals surface area contributed by atoms with Crippen molar-refractivity contribution in [2.24, 2.45) is 0 Å². The first-order valence-electron chi connectivity index (χ1n) is 7.22. The van der Waals surface area contributed by atoms with Gasteiger partial charge in [-0.15, -0.1) is 0 Å². The SMILES string of the molecule is CCSC(CC(C)NC)c1ccc(NC(C)C)cc1. The fraction of sp³-hybridized carbons (Fsp3) is 0.625. The molecule has 1 aromatic rings. The number of hydrogen-bond donors (Lipinski definition) is 2. The van der Waals surface area contributed by atoms with Crippen molar-refractivity contribution < 1.29 is 0 Å². The fourth-order valence-electron chi connectivity index (χ4n) is 2.07. The number of nitrogens with one attached hydrogen (secondary N) is 2. The molecule has 2 nitrogen and oxygen atoms in total. The molecule has 0 bridgehead atoms. The molecule has 1 aromatic carbocycles. The Morgan fingerprint density at radius 1 is 1.11 bits per heavy atom. The second kappa shape index (κ2) is 8.49. The molecular weight excluding hydrogens is 252 g/mol. The van der Waals surface area contributed by atoms with Crippen LogP contribution in [0.5, 0.6) is 0 Å². The lowest BCUT2D eigenvalue weighted by Crippen LogP contribution is -2.23. The van der Waals surface area contributed by atoms with Crippen LogP contribution < -0.4 is 10.6 Å². The molecule has 0 radical (unpaired) electrons. The average Bonchev–Trinajstić information content (AvgIpc) is 2.38. The van der Waals surface area contributed by atoms with E-state index in [0.717, 1.165) is 5.75 Å². The van der Waals surface area contributed by atoms with Gasteiger partial charge in [-0.05, 0) is 57.7 Å². The first-order chi connectivity index (χ1) is 9.06. The van der Waals surface area contributed by atoms with Gasteiger partial charge in [0.25, 0.3) is 0 Å². The van der Waals surface area contributed by atoms with Gasteiger partial charge in [0, 0.05) is 23.0 Å². The van der Waals surface area contributed by atoms with Crippen LogP contribution in [0.1, 0.15) is 44.9 Å². The van der Waals surface area contributed by atoms with Crippen LogP contribution in [-0.4, -0.2) is 24.9 Å². The van der Waals surface area contributed by atoms with Gasteiger partial charge in [-0.25, -0.2) is 0 Å². The van der Waals surface area contributed by atoms with Crippen LogP contribution in [0.15, 0.2) is 24.3 Å². The van der Waals surface area contributed by atoms with E-state index in [1.807, 2.05) is 18.8 Å². The van der Waals surface area contributed by atoms with E-state index < -0.39 is 0 Å². The van der Waals surface area contributed by atoms with Crippen molar-refractivity contribution in [1.29, 1.82) is 0 Å². The number of anilines is 1. The highest BCUT2D eigenvalue weighted by Crippen LogP contribution is 2.33. The topological polar surface area (TPSA) is 24.1 Å². The zero-order valence-corrected chi connectivity index (χ0v) is 13.7. The maximum absolute atomic E-state index is 3.44. The van der Waals surface area contributed by atoms with Crippen molar-refractivity contribution in [2.75, 3.05) is 18.1 Å². The first kappa shape index (κ1) is 16.4. The molecule has 0 saturated heterocycles. The van der Waals surface area contributed by atoms with Crippen LogP contribution >= 0.6 is 11.8 Å². The number of hydrogen-bond acceptors (Lipinski definition) is 3. The molecule has 2 unspecified atom stereocenters. The summed E-state index contributed by atoms with van der Waals surface area (Å²) >= 11 is 2.03. The summed E-state index contributed by atoms with van der Waals surface area (Å²) in [6.07, 6.45) is 1.17. The van der Waals surface area contributed by atoms with Crippen molar-refractivity contribution in [2.45, 2.75) is 51.4 Å². The van der Waals surface area contributed by atoms with Crippen molar-refractivity contribution in [3.05, 3.63) is 29.8 Å². The highest BCUT2D eigenvalue weighted by molar-refractivity contribution is 7.99. The van der Waals surface area contributed by atoms with Crippen molar-refractivity contribution >= 4 is 17.4 Å². The molecule has 108 valence electrons. The van der Waals surface area contributed by atoms with Crippen LogP contribution in [-0.2, 0) is 0 Å². The molecule has 0 amide bonds. The normalized spacial score (nSPS) is 14.4. The lowest BCUT2D eigenvalue weighted by atomic mass is 10.1. The van der Waals surface area contributed by atoms with E-state index in [1.54, 1.807) is 0 Å². The van der Waals surface area contributed by atoms with E-state index in [9.17, 15) is 0 Å². The molecule has 0 aliphatic carbocycles. The largest absolute Gasteiger partial charge is 0.383 e. The Morgan fingerprint density at radius 3 is 2.21 bits per heavy atom. The summed E-state index contributed by atoms with van der Waals surface area (Å²) in [5.74, 6) is 1.16. The van der Waals surface area contributed by atoms with E-state index >= 15 is 0 Å². The van der Waals surface area contributed by atoms with Gasteiger partial charge >= 0.3 is 0 Å². The average molecular weight is 280 g/mol. The van der Waals surface area contributed by atoms with Crippen molar-refractivity contribution in [3.8, 4) is 0 Å². The maximum Gasteiger partial charge on any atom is 0.0342 e. The summed E-state index contributed by atoms with van der Waals surface area (Å²) in [5.41, 5.74) is 2.64. The summed E-state index contributed by atoms with van der Waals surface area (Å²) in [6.45, 7) is 8.81. The van der Waals surface area contributed by atoms with E-state index in [4.69, 9.17) is 0 Å². The molecular formula is C16H28N2S. The number of benzene rings is 1. The second-order valence-corrected chi connectivity index (χ2v) is 6.77. The maximum atomic E-state index is 3.44. The zero-order chi connectivity index (χ0) is 14.3. The number of rotatable bonds is 8. The molecule has 0 heterocycles. The van der Waals surface area contributed by atoms with E-state index in [1.165, 1.54) is 17.7 Å². The lowest BCUT2D eigenvalue weighted by Gasteiger charge is -2.21. The predicted molar refractivity (Wildman–Crippen MR) is 89.2 cm³/mol. The molecule has 0 aromatic heterocycles. The molecule has 0 fully saturated rings. The molecule has 0 aliphatic heterocycles. The van der Waals surface area contributed by atoms with Crippen LogP contribution in [0.3, 0.4) is 0 Å². The second-order valence-electron chi connectivity index (χ2n) is 5.29. The Labute approximate surface area is 122 Å². The van der Waals surface area contributed by atoms with E-state index in [2.05, 4.69) is 62.6 Å². The van der Waals surface area contributed by atoms with Crippen molar-refractivity contribution in [3.63, 3.8) is 0 Å². The minimum Gasteiger partial charge on any atom is -0.383 e. The predicted octanol–water partition coefficient (Wildman–Crippen LogP) is 4.30. The minimum atomic E-state index is 0.482. The standard InChI is InChI=1S/C16H28N2S/c1-6-19-16(11-13(4)17-5)14-7-9-15(10-8-14)18-12(2)3/h7-10,12-13,16-18H,6,11H2,1-5H3. The van der Waals surface area contributed by atoms with E-state index in [0.29, 0.717) is 17.3 Å². The van der Waals surface area contributed by atoms with Gasteiger partial charge in [-0.1, -0.05) is 19.1 Å². The fourth-order valence-corrected chi connectivity index (χ4v) is 3.24. The Balaban J connectivity index is 2.73. The summed E-state index contributed by atoms with van der Waals surface area (Å²) in [5, 5.41) is 7.35. The molecule has 2 atom stereocenters. The van der Waals surface area contributed by atoms with Crippen LogP contribution in [0.2, 0.25) is 0 Å². The summed E-state index contributed by atoms with van der Waals surface area (Å²) in [4.78, 5) is 0. The van der Waals surface area contributed by atoms with Gasteiger partial charge in [-0.2, -0.15) is 11.8 Å². The highest BCUT2D eigenvalue weighted by atomic mass is 32.2. The Morgan fingerprint density at radius 2 is 1.74 bits per heavy atom. The summed E-state index contributed by atoms with van der Waals surface area (Å²) in [6, 6.07) is 9.96. The molecule has 1 rings (SSSR count). The monoisotopic (exact) mass is 280 g/mol. The quantitative estimate of drug-likeness (QED) is 0.742. The Kier molecular flexibility index (Phi) is 7.32. The molecule has 3 heteroatoms. The van der Waals surface area contributed by atoms with Gasteiger partial charge in [0.05, 0.1) is 0 Å². The third kappa shape index (κ3) is 5.87. The summed E-state index contributed by atoms with van der Waals surface area (Å²) in [7, 11) is 2.04. The van der Waals surface area contributed by atoms with E-state index in [-0.39, 0.29) is 0 Å². The third-order valence-electron chi connectivity index (χ3n) is 3.17. The van der Waals surface area contributed by atoms with Gasteiger partial charge in [0.2, 0.25) is 0 Å². The summed E-state index contributed by atoms with van der Waals surface area (Å²) < 4.78 is 0. The lowest BCUT2D eigenvalue weighted by molar-refractivity contribution is 0.559. The molecule has 0 aliphatic rings. The van der Waals surface area contributed by atoms with Gasteiger partial charge in [0.15, 0.2) is 0 Å². The molecule has 0 spiro atoms. The van der Waals surface area contributed by atoms with Crippen LogP contribution in [0, 0.1) is 0 Å². The first-order valence-corrected chi connectivity index (χ1v) is 8.27. The molecule has 2 N–H and O–H groups in total. The Hall–Kier alpha value is -0.670. The Bertz CT molecular complexity index is 348. The number of thioether (sulfide) groups is 1. The highest BCUT2D eigenvalue weighted by Gasteiger charge is 2.14. The third-order valence-corrected chi connectivity index (χ3v) is 4.37. The van der Waals surface area contributed by atoms with Crippen LogP contribution in [0.25, 0.3) is 0 Å². The van der Waals surface area contributed by atoms with Gasteiger partial charge in [-0.3, -0.25) is 0 Å². The molecule has 0 saturated carbocycles. The smallest absolute Gasteiger partial charge is 0.0342 e. The van der Waals surface area contributed by atoms with Crippen molar-refractivity contribution in [1.82, 2.24) is 5.32 Å². The zero-order valence-electron chi connectivity index (χ0n) is 12.9. The van der Waals surface area contributed by atoms with Gasteiger partial charge < -0.3 is 10.6 Å².